The molecule has 37 heavy (non-hydrogen) atoms. The minimum Gasteiger partial charge on any atom is -0.378 e. The molecular weight excluding hydrogens is 466 g/mol. The summed E-state index contributed by atoms with van der Waals surface area (Å²) in [6, 6.07) is 27.5. The molecule has 2 aliphatic rings. The van der Waals surface area contributed by atoms with Crippen molar-refractivity contribution in [1.82, 2.24) is 4.90 Å². The van der Waals surface area contributed by atoms with Crippen LogP contribution in [0.1, 0.15) is 18.0 Å². The standard InChI is InChI=1S/C29H31N5O3/c1-32(21-28(35)30-23-12-14-24(15-13-23)33-16-18-37-19-17-33)29(36)26-20-27(22-8-4-2-5-9-22)34(31-26)25-10-6-3-7-11-25/h2-15,27H,16-21H2,1H3,(H,30,35). The SMILES string of the molecule is CN(CC(=O)Nc1ccc(N2CCOCC2)cc1)C(=O)C1=NN(c2ccccc2)C(c2ccccc2)C1. The summed E-state index contributed by atoms with van der Waals surface area (Å²) < 4.78 is 5.41. The molecule has 3 aromatic carbocycles. The Labute approximate surface area is 217 Å². The number of nitrogens with zero attached hydrogens (tertiary/aromatic N) is 4. The molecule has 0 bridgehead atoms. The first-order chi connectivity index (χ1) is 18.1. The molecular formula is C29H31N5O3. The van der Waals surface area contributed by atoms with Crippen LogP contribution in [0.25, 0.3) is 0 Å². The Morgan fingerprint density at radius 3 is 2.24 bits per heavy atom. The van der Waals surface area contributed by atoms with E-state index in [2.05, 4.69) is 10.2 Å². The van der Waals surface area contributed by atoms with Crippen LogP contribution >= 0.6 is 0 Å². The van der Waals surface area contributed by atoms with Crippen molar-refractivity contribution in [2.75, 3.05) is 55.1 Å². The molecule has 3 aromatic rings. The number of hydrogen-bond donors (Lipinski definition) is 1. The van der Waals surface area contributed by atoms with Gasteiger partial charge in [0.05, 0.1) is 31.5 Å². The number of amides is 2. The van der Waals surface area contributed by atoms with E-state index in [0.717, 1.165) is 43.2 Å². The number of morpholine rings is 1. The van der Waals surface area contributed by atoms with Gasteiger partial charge < -0.3 is 19.9 Å². The first-order valence-corrected chi connectivity index (χ1v) is 12.5. The van der Waals surface area contributed by atoms with Crippen LogP contribution < -0.4 is 15.2 Å². The number of rotatable bonds is 7. The molecule has 2 heterocycles. The molecule has 1 atom stereocenters. The summed E-state index contributed by atoms with van der Waals surface area (Å²) in [5, 5.41) is 9.48. The lowest BCUT2D eigenvalue weighted by molar-refractivity contribution is -0.127. The largest absolute Gasteiger partial charge is 0.378 e. The van der Waals surface area contributed by atoms with Crippen molar-refractivity contribution in [3.8, 4) is 0 Å². The molecule has 0 saturated carbocycles. The minimum atomic E-state index is -0.256. The van der Waals surface area contributed by atoms with Gasteiger partial charge in [0.15, 0.2) is 0 Å². The highest BCUT2D eigenvalue weighted by Gasteiger charge is 2.33. The summed E-state index contributed by atoms with van der Waals surface area (Å²) in [5.41, 5.74) is 4.23. The number of likely N-dealkylation sites (N-methyl/N-ethyl adjacent to an activating group) is 1. The predicted octanol–water partition coefficient (Wildman–Crippen LogP) is 3.93. The minimum absolute atomic E-state index is 0.0651. The quantitative estimate of drug-likeness (QED) is 0.535. The van der Waals surface area contributed by atoms with E-state index in [1.807, 2.05) is 89.9 Å². The average Bonchev–Trinajstić information content (AvgIpc) is 3.40. The van der Waals surface area contributed by atoms with Crippen LogP contribution in [0, 0.1) is 0 Å². The Balaban J connectivity index is 1.22. The van der Waals surface area contributed by atoms with Gasteiger partial charge in [0.2, 0.25) is 5.91 Å². The second-order valence-electron chi connectivity index (χ2n) is 9.21. The summed E-state index contributed by atoms with van der Waals surface area (Å²) in [7, 11) is 1.63. The molecule has 2 amide bonds. The number of carbonyl (C=O) groups is 2. The maximum absolute atomic E-state index is 13.3. The molecule has 1 saturated heterocycles. The third-order valence-corrected chi connectivity index (χ3v) is 6.62. The van der Waals surface area contributed by atoms with Crippen molar-refractivity contribution in [3.05, 3.63) is 90.5 Å². The Hall–Kier alpha value is -4.17. The fourth-order valence-corrected chi connectivity index (χ4v) is 4.68. The lowest BCUT2D eigenvalue weighted by Crippen LogP contribution is -2.38. The third kappa shape index (κ3) is 5.81. The Morgan fingerprint density at radius 2 is 1.57 bits per heavy atom. The zero-order chi connectivity index (χ0) is 25.6. The molecule has 1 fully saturated rings. The molecule has 1 unspecified atom stereocenters. The van der Waals surface area contributed by atoms with Crippen LogP contribution in [0.15, 0.2) is 90.0 Å². The van der Waals surface area contributed by atoms with Gasteiger partial charge in [-0.2, -0.15) is 5.10 Å². The van der Waals surface area contributed by atoms with Gasteiger partial charge in [0.1, 0.15) is 5.71 Å². The first kappa shape index (κ1) is 24.5. The van der Waals surface area contributed by atoms with Crippen LogP contribution in [0.4, 0.5) is 17.1 Å². The van der Waals surface area contributed by atoms with Gasteiger partial charge in [-0.15, -0.1) is 0 Å². The van der Waals surface area contributed by atoms with Crippen molar-refractivity contribution < 1.29 is 14.3 Å². The van der Waals surface area contributed by atoms with Gasteiger partial charge in [0.25, 0.3) is 5.91 Å². The predicted molar refractivity (Wildman–Crippen MR) is 146 cm³/mol. The second-order valence-corrected chi connectivity index (χ2v) is 9.21. The topological polar surface area (TPSA) is 77.5 Å². The van der Waals surface area contributed by atoms with E-state index in [0.29, 0.717) is 17.8 Å². The Kier molecular flexibility index (Phi) is 7.46. The van der Waals surface area contributed by atoms with E-state index < -0.39 is 0 Å². The lowest BCUT2D eigenvalue weighted by Gasteiger charge is -2.28. The molecule has 0 aliphatic carbocycles. The second kappa shape index (κ2) is 11.3. The highest BCUT2D eigenvalue weighted by Crippen LogP contribution is 2.35. The number of hydrogen-bond acceptors (Lipinski definition) is 6. The van der Waals surface area contributed by atoms with Crippen LogP contribution in [0.2, 0.25) is 0 Å². The van der Waals surface area contributed by atoms with Crippen LogP contribution in [-0.2, 0) is 14.3 Å². The van der Waals surface area contributed by atoms with Crippen molar-refractivity contribution in [1.29, 1.82) is 0 Å². The molecule has 8 heteroatoms. The summed E-state index contributed by atoms with van der Waals surface area (Å²) in [6.45, 7) is 3.09. The van der Waals surface area contributed by atoms with Gasteiger partial charge in [-0.1, -0.05) is 48.5 Å². The first-order valence-electron chi connectivity index (χ1n) is 12.5. The number of carbonyl (C=O) groups excluding carboxylic acids is 2. The molecule has 0 aromatic heterocycles. The van der Waals surface area contributed by atoms with Crippen molar-refractivity contribution >= 4 is 34.6 Å². The molecule has 0 radical (unpaired) electrons. The summed E-state index contributed by atoms with van der Waals surface area (Å²) in [5.74, 6) is -0.509. The summed E-state index contributed by atoms with van der Waals surface area (Å²) in [6.07, 6.45) is 0.465. The van der Waals surface area contributed by atoms with E-state index in [1.54, 1.807) is 7.05 Å². The fraction of sp³-hybridized carbons (Fsp3) is 0.276. The third-order valence-electron chi connectivity index (χ3n) is 6.62. The van der Waals surface area contributed by atoms with Gasteiger partial charge in [-0.05, 0) is 42.0 Å². The van der Waals surface area contributed by atoms with Crippen LogP contribution in [-0.4, -0.2) is 62.3 Å². The highest BCUT2D eigenvalue weighted by atomic mass is 16.5. The molecule has 190 valence electrons. The molecule has 2 aliphatic heterocycles. The van der Waals surface area contributed by atoms with Crippen molar-refractivity contribution in [3.63, 3.8) is 0 Å². The van der Waals surface area contributed by atoms with E-state index >= 15 is 0 Å². The Bertz CT molecular complexity index is 1240. The molecule has 5 rings (SSSR count). The number of anilines is 3. The van der Waals surface area contributed by atoms with Crippen LogP contribution in [0.3, 0.4) is 0 Å². The summed E-state index contributed by atoms with van der Waals surface area (Å²) >= 11 is 0. The normalized spacial score (nSPS) is 17.3. The van der Waals surface area contributed by atoms with Gasteiger partial charge in [0, 0.05) is 37.9 Å². The number of nitrogens with one attached hydrogen (secondary N) is 1. The van der Waals surface area contributed by atoms with Crippen LogP contribution in [0.5, 0.6) is 0 Å². The number of ether oxygens (including phenoxy) is 1. The maximum atomic E-state index is 13.3. The van der Waals surface area contributed by atoms with Gasteiger partial charge in [-0.25, -0.2) is 0 Å². The zero-order valence-corrected chi connectivity index (χ0v) is 20.9. The molecule has 1 N–H and O–H groups in total. The monoisotopic (exact) mass is 497 g/mol. The number of benzene rings is 3. The van der Waals surface area contributed by atoms with Crippen molar-refractivity contribution in [2.24, 2.45) is 5.10 Å². The molecule has 8 nitrogen and oxygen atoms in total. The summed E-state index contributed by atoms with van der Waals surface area (Å²) in [4.78, 5) is 29.7. The van der Waals surface area contributed by atoms with E-state index in [-0.39, 0.29) is 24.4 Å². The maximum Gasteiger partial charge on any atom is 0.270 e. The number of hydrazone groups is 1. The average molecular weight is 498 g/mol. The molecule has 0 spiro atoms. The van der Waals surface area contributed by atoms with E-state index in [1.165, 1.54) is 4.90 Å². The fourth-order valence-electron chi connectivity index (χ4n) is 4.68. The number of para-hydroxylation sites is 1. The van der Waals surface area contributed by atoms with Gasteiger partial charge in [-0.3, -0.25) is 14.6 Å². The smallest absolute Gasteiger partial charge is 0.270 e. The zero-order valence-electron chi connectivity index (χ0n) is 20.9. The van der Waals surface area contributed by atoms with E-state index in [4.69, 9.17) is 9.84 Å². The van der Waals surface area contributed by atoms with E-state index in [9.17, 15) is 9.59 Å². The Morgan fingerprint density at radius 1 is 0.919 bits per heavy atom. The lowest BCUT2D eigenvalue weighted by atomic mass is 10.0. The highest BCUT2D eigenvalue weighted by molar-refractivity contribution is 6.39. The van der Waals surface area contributed by atoms with Crippen molar-refractivity contribution in [2.45, 2.75) is 12.5 Å². The van der Waals surface area contributed by atoms with Gasteiger partial charge >= 0.3 is 0 Å².